The van der Waals surface area contributed by atoms with Crippen LogP contribution in [-0.4, -0.2) is 18.5 Å². The smallest absolute Gasteiger partial charge is 0.311 e. The summed E-state index contributed by atoms with van der Waals surface area (Å²) in [6, 6.07) is 7.42. The van der Waals surface area contributed by atoms with E-state index in [2.05, 4.69) is 6.92 Å². The Morgan fingerprint density at radius 3 is 1.72 bits per heavy atom. The van der Waals surface area contributed by atoms with E-state index in [-0.39, 0.29) is 24.8 Å². The van der Waals surface area contributed by atoms with E-state index >= 15 is 0 Å². The van der Waals surface area contributed by atoms with Gasteiger partial charge in [-0.1, -0.05) is 109 Å². The summed E-state index contributed by atoms with van der Waals surface area (Å²) in [7, 11) is 0. The number of esters is 2. The van der Waals surface area contributed by atoms with Gasteiger partial charge in [-0.25, -0.2) is 0 Å². The van der Waals surface area contributed by atoms with Crippen molar-refractivity contribution < 1.29 is 19.1 Å². The highest BCUT2D eigenvalue weighted by molar-refractivity contribution is 5.74. The SMILES string of the molecule is CCCCCCCCCCCCCCCCOC(=O)CCCC(=O)Oc1ccccc1C. The van der Waals surface area contributed by atoms with E-state index in [1.54, 1.807) is 6.07 Å². The quantitative estimate of drug-likeness (QED) is 0.115. The molecule has 0 heterocycles. The van der Waals surface area contributed by atoms with Gasteiger partial charge in [-0.05, 0) is 31.4 Å². The van der Waals surface area contributed by atoms with E-state index in [1.165, 1.54) is 77.0 Å². The molecule has 0 aliphatic carbocycles. The predicted octanol–water partition coefficient (Wildman–Crippen LogP) is 8.10. The van der Waals surface area contributed by atoms with Crippen LogP contribution in [0.15, 0.2) is 24.3 Å². The average Bonchev–Trinajstić information content (AvgIpc) is 2.78. The van der Waals surface area contributed by atoms with Crippen molar-refractivity contribution in [2.45, 2.75) is 123 Å². The first kappa shape index (κ1) is 28.2. The van der Waals surface area contributed by atoms with Crippen LogP contribution in [0.25, 0.3) is 0 Å². The van der Waals surface area contributed by atoms with Crippen molar-refractivity contribution in [3.8, 4) is 5.75 Å². The lowest BCUT2D eigenvalue weighted by molar-refractivity contribution is -0.144. The lowest BCUT2D eigenvalue weighted by Gasteiger charge is -2.07. The fourth-order valence-electron chi connectivity index (χ4n) is 3.78. The standard InChI is InChI=1S/C28H46O4/c1-3-4-5-6-7-8-9-10-11-12-13-14-15-18-24-31-27(29)22-19-23-28(30)32-26-21-17-16-20-25(26)2/h16-17,20-21H,3-15,18-19,22-24H2,1-2H3. The van der Waals surface area contributed by atoms with Gasteiger partial charge < -0.3 is 9.47 Å². The molecule has 0 atom stereocenters. The van der Waals surface area contributed by atoms with Crippen LogP contribution in [0.2, 0.25) is 0 Å². The van der Waals surface area contributed by atoms with Crippen molar-refractivity contribution in [3.05, 3.63) is 29.8 Å². The van der Waals surface area contributed by atoms with Crippen molar-refractivity contribution >= 4 is 11.9 Å². The van der Waals surface area contributed by atoms with Gasteiger partial charge in [0.2, 0.25) is 0 Å². The third kappa shape index (κ3) is 15.9. The number of unbranched alkanes of at least 4 members (excludes halogenated alkanes) is 13. The summed E-state index contributed by atoms with van der Waals surface area (Å²) in [5.41, 5.74) is 0.924. The molecule has 0 N–H and O–H groups in total. The van der Waals surface area contributed by atoms with E-state index in [9.17, 15) is 9.59 Å². The molecule has 182 valence electrons. The molecular formula is C28H46O4. The molecule has 0 aliphatic heterocycles. The van der Waals surface area contributed by atoms with Crippen molar-refractivity contribution in [2.24, 2.45) is 0 Å². The molecule has 4 nitrogen and oxygen atoms in total. The number of hydrogen-bond acceptors (Lipinski definition) is 4. The Hall–Kier alpha value is -1.84. The Bertz CT molecular complexity index is 611. The van der Waals surface area contributed by atoms with Gasteiger partial charge in [-0.2, -0.15) is 0 Å². The summed E-state index contributed by atoms with van der Waals surface area (Å²) in [6.07, 6.45) is 19.3. The minimum Gasteiger partial charge on any atom is -0.466 e. The van der Waals surface area contributed by atoms with Crippen LogP contribution >= 0.6 is 0 Å². The number of hydrogen-bond donors (Lipinski definition) is 0. The van der Waals surface area contributed by atoms with E-state index in [0.717, 1.165) is 18.4 Å². The molecule has 0 spiro atoms. The van der Waals surface area contributed by atoms with Gasteiger partial charge in [-0.15, -0.1) is 0 Å². The number of ether oxygens (including phenoxy) is 2. The van der Waals surface area contributed by atoms with Crippen molar-refractivity contribution in [1.82, 2.24) is 0 Å². The maximum atomic E-state index is 11.9. The van der Waals surface area contributed by atoms with E-state index in [1.807, 2.05) is 25.1 Å². The van der Waals surface area contributed by atoms with Crippen molar-refractivity contribution in [1.29, 1.82) is 0 Å². The zero-order valence-corrected chi connectivity index (χ0v) is 20.7. The van der Waals surface area contributed by atoms with Crippen LogP contribution in [0, 0.1) is 6.92 Å². The number of benzene rings is 1. The molecule has 1 aromatic carbocycles. The summed E-state index contributed by atoms with van der Waals surface area (Å²) in [5.74, 6) is 0.0559. The minimum absolute atomic E-state index is 0.219. The average molecular weight is 447 g/mol. The predicted molar refractivity (Wildman–Crippen MR) is 132 cm³/mol. The van der Waals surface area contributed by atoms with Gasteiger partial charge in [-0.3, -0.25) is 9.59 Å². The van der Waals surface area contributed by atoms with Crippen LogP contribution in [0.1, 0.15) is 122 Å². The molecule has 0 aliphatic rings. The summed E-state index contributed by atoms with van der Waals surface area (Å²) < 4.78 is 10.6. The first-order valence-corrected chi connectivity index (χ1v) is 13.1. The maximum Gasteiger partial charge on any atom is 0.311 e. The highest BCUT2D eigenvalue weighted by Crippen LogP contribution is 2.17. The van der Waals surface area contributed by atoms with Crippen molar-refractivity contribution in [2.75, 3.05) is 6.61 Å². The Balaban J connectivity index is 1.85. The molecule has 0 saturated heterocycles. The molecule has 1 rings (SSSR count). The lowest BCUT2D eigenvalue weighted by atomic mass is 10.0. The molecule has 0 fully saturated rings. The van der Waals surface area contributed by atoms with Gasteiger partial charge in [0.05, 0.1) is 6.61 Å². The number of rotatable bonds is 20. The zero-order valence-electron chi connectivity index (χ0n) is 20.7. The lowest BCUT2D eigenvalue weighted by Crippen LogP contribution is -2.11. The second-order valence-corrected chi connectivity index (χ2v) is 8.91. The topological polar surface area (TPSA) is 52.6 Å². The first-order valence-electron chi connectivity index (χ1n) is 13.1. The van der Waals surface area contributed by atoms with Gasteiger partial charge in [0, 0.05) is 12.8 Å². The number of carbonyl (C=O) groups excluding carboxylic acids is 2. The van der Waals surface area contributed by atoms with E-state index in [0.29, 0.717) is 18.8 Å². The molecular weight excluding hydrogens is 400 g/mol. The fraction of sp³-hybridized carbons (Fsp3) is 0.714. The third-order valence-corrected chi connectivity index (χ3v) is 5.84. The Morgan fingerprint density at radius 1 is 0.656 bits per heavy atom. The molecule has 0 bridgehead atoms. The molecule has 0 unspecified atom stereocenters. The molecule has 0 aromatic heterocycles. The normalized spacial score (nSPS) is 10.8. The fourth-order valence-corrected chi connectivity index (χ4v) is 3.78. The Kier molecular flexibility index (Phi) is 17.5. The van der Waals surface area contributed by atoms with Gasteiger partial charge >= 0.3 is 11.9 Å². The molecule has 0 amide bonds. The molecule has 1 aromatic rings. The summed E-state index contributed by atoms with van der Waals surface area (Å²) >= 11 is 0. The third-order valence-electron chi connectivity index (χ3n) is 5.84. The molecule has 0 saturated carbocycles. The van der Waals surface area contributed by atoms with Crippen LogP contribution in [-0.2, 0) is 14.3 Å². The van der Waals surface area contributed by atoms with E-state index in [4.69, 9.17) is 9.47 Å². The second-order valence-electron chi connectivity index (χ2n) is 8.91. The highest BCUT2D eigenvalue weighted by atomic mass is 16.5. The summed E-state index contributed by atoms with van der Waals surface area (Å²) in [6.45, 7) is 4.66. The number of para-hydroxylation sites is 1. The van der Waals surface area contributed by atoms with E-state index < -0.39 is 0 Å². The van der Waals surface area contributed by atoms with Crippen LogP contribution in [0.3, 0.4) is 0 Å². The largest absolute Gasteiger partial charge is 0.466 e. The van der Waals surface area contributed by atoms with Gasteiger partial charge in [0.1, 0.15) is 5.75 Å². The maximum absolute atomic E-state index is 11.9. The van der Waals surface area contributed by atoms with Crippen LogP contribution in [0.5, 0.6) is 5.75 Å². The second kappa shape index (κ2) is 19.8. The summed E-state index contributed by atoms with van der Waals surface area (Å²) in [4.78, 5) is 23.7. The van der Waals surface area contributed by atoms with Crippen LogP contribution in [0.4, 0.5) is 0 Å². The zero-order chi connectivity index (χ0) is 23.3. The molecule has 4 heteroatoms. The number of carbonyl (C=O) groups is 2. The monoisotopic (exact) mass is 446 g/mol. The highest BCUT2D eigenvalue weighted by Gasteiger charge is 2.09. The molecule has 0 radical (unpaired) electrons. The van der Waals surface area contributed by atoms with Crippen LogP contribution < -0.4 is 4.74 Å². The Labute approximate surface area is 196 Å². The van der Waals surface area contributed by atoms with Gasteiger partial charge in [0.15, 0.2) is 0 Å². The minimum atomic E-state index is -0.306. The summed E-state index contributed by atoms with van der Waals surface area (Å²) in [5, 5.41) is 0. The molecule has 32 heavy (non-hydrogen) atoms. The Morgan fingerprint density at radius 2 is 1.16 bits per heavy atom. The van der Waals surface area contributed by atoms with Crippen molar-refractivity contribution in [3.63, 3.8) is 0 Å². The first-order chi connectivity index (χ1) is 15.6. The van der Waals surface area contributed by atoms with Gasteiger partial charge in [0.25, 0.3) is 0 Å². The number of aryl methyl sites for hydroxylation is 1.